The van der Waals surface area contributed by atoms with E-state index in [1.165, 1.54) is 6.92 Å². The van der Waals surface area contributed by atoms with E-state index in [1.807, 2.05) is 30.3 Å². The third-order valence-electron chi connectivity index (χ3n) is 4.11. The van der Waals surface area contributed by atoms with Gasteiger partial charge in [0.1, 0.15) is 0 Å². The van der Waals surface area contributed by atoms with Crippen LogP contribution in [0, 0.1) is 0 Å². The van der Waals surface area contributed by atoms with E-state index in [4.69, 9.17) is 0 Å². The van der Waals surface area contributed by atoms with Crippen LogP contribution in [0.25, 0.3) is 0 Å². The molecule has 1 aromatic heterocycles. The van der Waals surface area contributed by atoms with Crippen molar-refractivity contribution in [3.8, 4) is 5.88 Å². The summed E-state index contributed by atoms with van der Waals surface area (Å²) in [5, 5.41) is 13.0. The van der Waals surface area contributed by atoms with Gasteiger partial charge in [-0.25, -0.2) is 0 Å². The minimum absolute atomic E-state index is 0.00509. The second-order valence-electron chi connectivity index (χ2n) is 6.31. The molecule has 3 N–H and O–H groups in total. The number of aromatic amines is 1. The highest BCUT2D eigenvalue weighted by molar-refractivity contribution is 7.99. The Balaban J connectivity index is 1.61. The Morgan fingerprint density at radius 2 is 1.79 bits per heavy atom. The summed E-state index contributed by atoms with van der Waals surface area (Å²) in [6, 6.07) is 15.8. The third kappa shape index (κ3) is 5.55. The summed E-state index contributed by atoms with van der Waals surface area (Å²) >= 11 is 1.01. The molecule has 0 aliphatic heterocycles. The summed E-state index contributed by atoms with van der Waals surface area (Å²) in [6.07, 6.45) is 0.261. The van der Waals surface area contributed by atoms with Crippen LogP contribution < -0.4 is 10.9 Å². The first-order valence-electron chi connectivity index (χ1n) is 8.82. The number of thioether (sulfide) groups is 1. The lowest BCUT2D eigenvalue weighted by molar-refractivity contribution is -0.113. The first-order chi connectivity index (χ1) is 13.9. The summed E-state index contributed by atoms with van der Waals surface area (Å²) in [7, 11) is 0. The summed E-state index contributed by atoms with van der Waals surface area (Å²) in [5.74, 6) is -0.708. The lowest BCUT2D eigenvalue weighted by atomic mass is 10.1. The van der Waals surface area contributed by atoms with Gasteiger partial charge in [0.2, 0.25) is 11.8 Å². The number of carbonyl (C=O) groups excluding carboxylic acids is 2. The maximum atomic E-state index is 12.3. The van der Waals surface area contributed by atoms with Crippen molar-refractivity contribution >= 4 is 29.1 Å². The van der Waals surface area contributed by atoms with Crippen LogP contribution >= 0.6 is 11.8 Å². The fourth-order valence-electron chi connectivity index (χ4n) is 2.61. The quantitative estimate of drug-likeness (QED) is 0.314. The number of carbonyl (C=O) groups is 2. The van der Waals surface area contributed by atoms with E-state index in [2.05, 4.69) is 15.3 Å². The van der Waals surface area contributed by atoms with Crippen molar-refractivity contribution in [1.82, 2.24) is 9.97 Å². The zero-order chi connectivity index (χ0) is 20.8. The minimum Gasteiger partial charge on any atom is -0.493 e. The number of anilines is 1. The van der Waals surface area contributed by atoms with Crippen LogP contribution in [0.4, 0.5) is 5.69 Å². The SMILES string of the molecule is CC(=O)c1ccc(NC(=O)CSc2nc(O)c(Cc3ccccc3)c(=O)[nH]2)cc1. The average molecular weight is 409 g/mol. The van der Waals surface area contributed by atoms with Crippen molar-refractivity contribution in [3.05, 3.63) is 81.6 Å². The number of nitrogens with one attached hydrogen (secondary N) is 2. The highest BCUT2D eigenvalue weighted by Crippen LogP contribution is 2.19. The Morgan fingerprint density at radius 1 is 1.10 bits per heavy atom. The van der Waals surface area contributed by atoms with Crippen molar-refractivity contribution in [2.75, 3.05) is 11.1 Å². The number of benzene rings is 2. The summed E-state index contributed by atoms with van der Waals surface area (Å²) in [4.78, 5) is 42.2. The molecule has 148 valence electrons. The molecule has 7 nitrogen and oxygen atoms in total. The van der Waals surface area contributed by atoms with Gasteiger partial charge >= 0.3 is 0 Å². The molecule has 0 atom stereocenters. The van der Waals surface area contributed by atoms with Crippen LogP contribution in [0.2, 0.25) is 0 Å². The zero-order valence-electron chi connectivity index (χ0n) is 15.6. The third-order valence-corrected chi connectivity index (χ3v) is 4.98. The Labute approximate surface area is 171 Å². The van der Waals surface area contributed by atoms with Crippen LogP contribution in [0.1, 0.15) is 28.4 Å². The van der Waals surface area contributed by atoms with Crippen LogP contribution in [0.5, 0.6) is 5.88 Å². The van der Waals surface area contributed by atoms with E-state index >= 15 is 0 Å². The predicted molar refractivity (Wildman–Crippen MR) is 112 cm³/mol. The molecule has 1 heterocycles. The van der Waals surface area contributed by atoms with Gasteiger partial charge < -0.3 is 15.4 Å². The standard InChI is InChI=1S/C21H19N3O4S/c1-13(25)15-7-9-16(10-8-15)22-18(26)12-29-21-23-19(27)17(20(28)24-21)11-14-5-3-2-4-6-14/h2-10H,11-12H2,1H3,(H,22,26)(H2,23,24,27,28). The van der Waals surface area contributed by atoms with Gasteiger partial charge in [0.05, 0.1) is 11.3 Å². The van der Waals surface area contributed by atoms with Crippen molar-refractivity contribution in [3.63, 3.8) is 0 Å². The molecular formula is C21H19N3O4S. The Morgan fingerprint density at radius 3 is 2.41 bits per heavy atom. The van der Waals surface area contributed by atoms with Gasteiger partial charge in [0, 0.05) is 17.7 Å². The molecule has 0 aliphatic rings. The van der Waals surface area contributed by atoms with Crippen molar-refractivity contribution < 1.29 is 14.7 Å². The number of aromatic nitrogens is 2. The van der Waals surface area contributed by atoms with E-state index in [-0.39, 0.29) is 40.5 Å². The van der Waals surface area contributed by atoms with Crippen LogP contribution in [-0.4, -0.2) is 32.5 Å². The highest BCUT2D eigenvalue weighted by Gasteiger charge is 2.13. The first-order valence-corrected chi connectivity index (χ1v) is 9.80. The lowest BCUT2D eigenvalue weighted by Crippen LogP contribution is -2.17. The van der Waals surface area contributed by atoms with Gasteiger partial charge in [0.15, 0.2) is 10.9 Å². The maximum absolute atomic E-state index is 12.3. The van der Waals surface area contributed by atoms with E-state index in [0.29, 0.717) is 11.3 Å². The lowest BCUT2D eigenvalue weighted by Gasteiger charge is -2.07. The molecule has 0 saturated heterocycles. The van der Waals surface area contributed by atoms with Gasteiger partial charge in [-0.1, -0.05) is 42.1 Å². The molecule has 29 heavy (non-hydrogen) atoms. The molecule has 0 bridgehead atoms. The number of aromatic hydroxyl groups is 1. The van der Waals surface area contributed by atoms with Gasteiger partial charge in [-0.2, -0.15) is 4.98 Å². The van der Waals surface area contributed by atoms with Gasteiger partial charge in [-0.15, -0.1) is 0 Å². The highest BCUT2D eigenvalue weighted by atomic mass is 32.2. The first kappa shape index (κ1) is 20.3. The molecule has 0 fully saturated rings. The number of hydrogen-bond donors (Lipinski definition) is 3. The number of hydrogen-bond acceptors (Lipinski definition) is 6. The topological polar surface area (TPSA) is 112 Å². The van der Waals surface area contributed by atoms with E-state index in [9.17, 15) is 19.5 Å². The Hall–Kier alpha value is -3.39. The van der Waals surface area contributed by atoms with Crippen LogP contribution in [0.3, 0.4) is 0 Å². The summed E-state index contributed by atoms with van der Waals surface area (Å²) in [6.45, 7) is 1.47. The molecule has 1 amide bonds. The van der Waals surface area contributed by atoms with Crippen molar-refractivity contribution in [2.24, 2.45) is 0 Å². The smallest absolute Gasteiger partial charge is 0.258 e. The van der Waals surface area contributed by atoms with Crippen molar-refractivity contribution in [1.29, 1.82) is 0 Å². The molecule has 0 spiro atoms. The molecule has 0 aliphatic carbocycles. The fourth-order valence-corrected chi connectivity index (χ4v) is 3.27. The van der Waals surface area contributed by atoms with Crippen molar-refractivity contribution in [2.45, 2.75) is 18.5 Å². The Bertz CT molecular complexity index is 1080. The number of ketones is 1. The normalized spacial score (nSPS) is 10.5. The van der Waals surface area contributed by atoms with E-state index in [1.54, 1.807) is 24.3 Å². The molecular weight excluding hydrogens is 390 g/mol. The van der Waals surface area contributed by atoms with E-state index in [0.717, 1.165) is 17.3 Å². The summed E-state index contributed by atoms with van der Waals surface area (Å²) < 4.78 is 0. The van der Waals surface area contributed by atoms with Gasteiger partial charge in [-0.3, -0.25) is 14.4 Å². The maximum Gasteiger partial charge on any atom is 0.258 e. The minimum atomic E-state index is -0.441. The molecule has 3 rings (SSSR count). The second kappa shape index (κ2) is 9.20. The number of nitrogens with zero attached hydrogens (tertiary/aromatic N) is 1. The average Bonchev–Trinajstić information content (AvgIpc) is 2.70. The zero-order valence-corrected chi connectivity index (χ0v) is 16.5. The molecule has 0 unspecified atom stereocenters. The van der Waals surface area contributed by atoms with Gasteiger partial charge in [-0.05, 0) is 36.8 Å². The molecule has 0 saturated carbocycles. The molecule has 2 aromatic carbocycles. The number of H-pyrrole nitrogens is 1. The van der Waals surface area contributed by atoms with E-state index < -0.39 is 5.56 Å². The number of Topliss-reactive ketones (excluding diaryl/α,β-unsaturated/α-hetero) is 1. The fraction of sp³-hybridized carbons (Fsp3) is 0.143. The molecule has 0 radical (unpaired) electrons. The second-order valence-corrected chi connectivity index (χ2v) is 7.27. The largest absolute Gasteiger partial charge is 0.493 e. The predicted octanol–water partition coefficient (Wildman–Crippen LogP) is 3.00. The van der Waals surface area contributed by atoms with Crippen LogP contribution in [-0.2, 0) is 11.2 Å². The monoisotopic (exact) mass is 409 g/mol. The number of amides is 1. The number of rotatable bonds is 7. The Kier molecular flexibility index (Phi) is 6.46. The van der Waals surface area contributed by atoms with Crippen LogP contribution in [0.15, 0.2) is 64.5 Å². The molecule has 8 heteroatoms. The molecule has 3 aromatic rings. The van der Waals surface area contributed by atoms with Gasteiger partial charge in [0.25, 0.3) is 5.56 Å². The summed E-state index contributed by atoms with van der Waals surface area (Å²) in [5.41, 5.74) is 1.73.